The Labute approximate surface area is 108 Å². The van der Waals surface area contributed by atoms with E-state index < -0.39 is 0 Å². The van der Waals surface area contributed by atoms with E-state index in [1.54, 1.807) is 12.1 Å². The average Bonchev–Trinajstić information content (AvgIpc) is 2.30. The highest BCUT2D eigenvalue weighted by Crippen LogP contribution is 2.22. The molecule has 2 nitrogen and oxygen atoms in total. The summed E-state index contributed by atoms with van der Waals surface area (Å²) in [6, 6.07) is 7.11. The maximum atomic E-state index is 13.2. The summed E-state index contributed by atoms with van der Waals surface area (Å²) in [5.74, 6) is -0.165. The topological polar surface area (TPSA) is 15.3 Å². The fourth-order valence-electron chi connectivity index (χ4n) is 2.17. The molecule has 1 aliphatic heterocycles. The van der Waals surface area contributed by atoms with Gasteiger partial charge in [-0.3, -0.25) is 4.90 Å². The van der Waals surface area contributed by atoms with Crippen molar-refractivity contribution in [1.82, 2.24) is 10.2 Å². The maximum Gasteiger partial charge on any atom is 0.123 e. The molecule has 0 aliphatic carbocycles. The number of halogens is 2. The highest BCUT2D eigenvalue weighted by molar-refractivity contribution is 5.85. The van der Waals surface area contributed by atoms with Crippen LogP contribution >= 0.6 is 12.4 Å². The number of nitrogens with one attached hydrogen (secondary N) is 1. The van der Waals surface area contributed by atoms with Gasteiger partial charge in [0.2, 0.25) is 0 Å². The van der Waals surface area contributed by atoms with E-state index in [1.165, 1.54) is 6.07 Å². The van der Waals surface area contributed by atoms with Crippen LogP contribution in [0.25, 0.3) is 0 Å². The Morgan fingerprint density at radius 2 is 2.35 bits per heavy atom. The summed E-state index contributed by atoms with van der Waals surface area (Å²) in [6.07, 6.45) is 1.90. The summed E-state index contributed by atoms with van der Waals surface area (Å²) in [6.45, 7) is 7.45. The molecule has 4 heteroatoms. The number of hydrogen-bond donors (Lipinski definition) is 1. The molecule has 94 valence electrons. The molecular weight excluding hydrogens is 239 g/mol. The molecule has 0 spiro atoms. The van der Waals surface area contributed by atoms with Crippen molar-refractivity contribution in [3.05, 3.63) is 48.3 Å². The normalized spacial score (nSPS) is 20.6. The molecule has 1 N–H and O–H groups in total. The standard InChI is InChI=1S/C13H17FN2.ClH/c1-2-7-16-8-6-15-10-13(16)11-4-3-5-12(14)9-11;/h2-5,9,13,15H,1,6-8,10H2;1H. The van der Waals surface area contributed by atoms with Crippen LogP contribution in [-0.4, -0.2) is 31.1 Å². The minimum absolute atomic E-state index is 0. The van der Waals surface area contributed by atoms with Gasteiger partial charge in [0.1, 0.15) is 5.82 Å². The molecule has 1 aromatic rings. The lowest BCUT2D eigenvalue weighted by Gasteiger charge is -2.35. The Balaban J connectivity index is 0.00000144. The van der Waals surface area contributed by atoms with Gasteiger partial charge in [0.25, 0.3) is 0 Å². The van der Waals surface area contributed by atoms with Gasteiger partial charge in [0.15, 0.2) is 0 Å². The Kier molecular flexibility index (Phi) is 5.62. The van der Waals surface area contributed by atoms with Gasteiger partial charge in [-0.15, -0.1) is 19.0 Å². The van der Waals surface area contributed by atoms with Gasteiger partial charge in [0.05, 0.1) is 0 Å². The predicted molar refractivity (Wildman–Crippen MR) is 71.0 cm³/mol. The minimum atomic E-state index is -0.165. The van der Waals surface area contributed by atoms with E-state index in [4.69, 9.17) is 0 Å². The monoisotopic (exact) mass is 256 g/mol. The first-order chi connectivity index (χ1) is 7.81. The number of nitrogens with zero attached hydrogens (tertiary/aromatic N) is 1. The molecule has 1 aromatic carbocycles. The first kappa shape index (κ1) is 14.2. The molecule has 17 heavy (non-hydrogen) atoms. The zero-order valence-corrected chi connectivity index (χ0v) is 10.5. The second kappa shape index (κ2) is 6.74. The fourth-order valence-corrected chi connectivity index (χ4v) is 2.17. The second-order valence-corrected chi connectivity index (χ2v) is 4.06. The summed E-state index contributed by atoms with van der Waals surface area (Å²) >= 11 is 0. The Morgan fingerprint density at radius 3 is 3.06 bits per heavy atom. The molecule has 1 unspecified atom stereocenters. The van der Waals surface area contributed by atoms with Crippen LogP contribution in [0.5, 0.6) is 0 Å². The van der Waals surface area contributed by atoms with Crippen molar-refractivity contribution in [3.8, 4) is 0 Å². The van der Waals surface area contributed by atoms with Crippen LogP contribution < -0.4 is 5.32 Å². The smallest absolute Gasteiger partial charge is 0.123 e. The predicted octanol–water partition coefficient (Wildman–Crippen LogP) is 2.38. The molecule has 1 atom stereocenters. The molecule has 0 radical (unpaired) electrons. The van der Waals surface area contributed by atoms with Gasteiger partial charge in [-0.2, -0.15) is 0 Å². The first-order valence-corrected chi connectivity index (χ1v) is 5.62. The van der Waals surface area contributed by atoms with Crippen LogP contribution in [0.2, 0.25) is 0 Å². The van der Waals surface area contributed by atoms with E-state index >= 15 is 0 Å². The molecule has 1 fully saturated rings. The van der Waals surface area contributed by atoms with Crippen molar-refractivity contribution >= 4 is 12.4 Å². The van der Waals surface area contributed by atoms with Crippen molar-refractivity contribution in [2.45, 2.75) is 6.04 Å². The molecule has 1 aliphatic rings. The van der Waals surface area contributed by atoms with E-state index in [0.717, 1.165) is 31.7 Å². The van der Waals surface area contributed by atoms with Crippen LogP contribution in [0.4, 0.5) is 4.39 Å². The molecule has 0 saturated carbocycles. The van der Waals surface area contributed by atoms with E-state index in [0.29, 0.717) is 0 Å². The van der Waals surface area contributed by atoms with Crippen molar-refractivity contribution < 1.29 is 4.39 Å². The van der Waals surface area contributed by atoms with Crippen LogP contribution in [0.15, 0.2) is 36.9 Å². The van der Waals surface area contributed by atoms with E-state index in [-0.39, 0.29) is 24.3 Å². The first-order valence-electron chi connectivity index (χ1n) is 5.62. The molecule has 1 saturated heterocycles. The number of rotatable bonds is 3. The second-order valence-electron chi connectivity index (χ2n) is 4.06. The minimum Gasteiger partial charge on any atom is -0.314 e. The number of hydrogen-bond acceptors (Lipinski definition) is 2. The van der Waals surface area contributed by atoms with Crippen LogP contribution in [0, 0.1) is 5.82 Å². The molecule has 1 heterocycles. The fraction of sp³-hybridized carbons (Fsp3) is 0.385. The van der Waals surface area contributed by atoms with Crippen LogP contribution in [0.1, 0.15) is 11.6 Å². The highest BCUT2D eigenvalue weighted by Gasteiger charge is 2.22. The van der Waals surface area contributed by atoms with Crippen molar-refractivity contribution in [2.24, 2.45) is 0 Å². The molecule has 0 bridgehead atoms. The molecule has 2 rings (SSSR count). The SMILES string of the molecule is C=CCN1CCNCC1c1cccc(F)c1.Cl. The zero-order valence-electron chi connectivity index (χ0n) is 9.73. The zero-order chi connectivity index (χ0) is 11.4. The van der Waals surface area contributed by atoms with Gasteiger partial charge in [0, 0.05) is 32.2 Å². The third-order valence-corrected chi connectivity index (χ3v) is 2.95. The third kappa shape index (κ3) is 3.53. The lowest BCUT2D eigenvalue weighted by molar-refractivity contribution is 0.180. The maximum absolute atomic E-state index is 13.2. The number of piperazine rings is 1. The molecule has 0 aromatic heterocycles. The summed E-state index contributed by atoms with van der Waals surface area (Å²) < 4.78 is 13.2. The van der Waals surface area contributed by atoms with Crippen molar-refractivity contribution in [3.63, 3.8) is 0 Å². The summed E-state index contributed by atoms with van der Waals surface area (Å²) in [7, 11) is 0. The van der Waals surface area contributed by atoms with E-state index in [1.807, 2.05) is 12.1 Å². The van der Waals surface area contributed by atoms with Crippen LogP contribution in [-0.2, 0) is 0 Å². The Bertz CT molecular complexity index is 370. The Hall–Kier alpha value is -0.900. The number of benzene rings is 1. The molecular formula is C13H18ClFN2. The van der Waals surface area contributed by atoms with Crippen LogP contribution in [0.3, 0.4) is 0 Å². The van der Waals surface area contributed by atoms with E-state index in [9.17, 15) is 4.39 Å². The van der Waals surface area contributed by atoms with Gasteiger partial charge in [-0.25, -0.2) is 4.39 Å². The highest BCUT2D eigenvalue weighted by atomic mass is 35.5. The van der Waals surface area contributed by atoms with Gasteiger partial charge >= 0.3 is 0 Å². The van der Waals surface area contributed by atoms with Gasteiger partial charge in [-0.05, 0) is 17.7 Å². The lowest BCUT2D eigenvalue weighted by atomic mass is 10.0. The molecule has 0 amide bonds. The Morgan fingerprint density at radius 1 is 1.53 bits per heavy atom. The quantitative estimate of drug-likeness (QED) is 0.836. The van der Waals surface area contributed by atoms with E-state index in [2.05, 4.69) is 16.8 Å². The summed E-state index contributed by atoms with van der Waals surface area (Å²) in [5.41, 5.74) is 1.04. The summed E-state index contributed by atoms with van der Waals surface area (Å²) in [5, 5.41) is 3.34. The summed E-state index contributed by atoms with van der Waals surface area (Å²) in [4.78, 5) is 2.32. The van der Waals surface area contributed by atoms with Gasteiger partial charge < -0.3 is 5.32 Å². The average molecular weight is 257 g/mol. The third-order valence-electron chi connectivity index (χ3n) is 2.95. The lowest BCUT2D eigenvalue weighted by Crippen LogP contribution is -2.45. The van der Waals surface area contributed by atoms with Crippen molar-refractivity contribution in [1.29, 1.82) is 0 Å². The largest absolute Gasteiger partial charge is 0.314 e. The van der Waals surface area contributed by atoms with Gasteiger partial charge in [-0.1, -0.05) is 18.2 Å². The van der Waals surface area contributed by atoms with Crippen molar-refractivity contribution in [2.75, 3.05) is 26.2 Å².